The molecule has 2 rings (SSSR count). The molecule has 0 heterocycles. The summed E-state index contributed by atoms with van der Waals surface area (Å²) >= 11 is 0. The Morgan fingerprint density at radius 3 is 1.80 bits per heavy atom. The van der Waals surface area contributed by atoms with Gasteiger partial charge in [0.25, 0.3) is 0 Å². The minimum Gasteiger partial charge on any atom is -0.495 e. The second-order valence-corrected chi connectivity index (χ2v) is 5.03. The summed E-state index contributed by atoms with van der Waals surface area (Å²) in [5.74, 6) is 22.5. The molecule has 0 amide bonds. The summed E-state index contributed by atoms with van der Waals surface area (Å²) in [7, 11) is 1.56. The van der Waals surface area contributed by atoms with Gasteiger partial charge in [0.2, 0.25) is 0 Å². The molecule has 3 heteroatoms. The van der Waals surface area contributed by atoms with Crippen LogP contribution in [-0.2, 0) is 0 Å². The van der Waals surface area contributed by atoms with Crippen molar-refractivity contribution < 1.29 is 4.74 Å². The predicted octanol–water partition coefficient (Wildman–Crippen LogP) is 2.58. The molecule has 0 aromatic heterocycles. The van der Waals surface area contributed by atoms with Crippen molar-refractivity contribution in [3.8, 4) is 53.1 Å². The van der Waals surface area contributed by atoms with E-state index in [2.05, 4.69) is 47.4 Å². The zero-order valence-electron chi connectivity index (χ0n) is 14.0. The Kier molecular flexibility index (Phi) is 6.03. The van der Waals surface area contributed by atoms with E-state index >= 15 is 0 Å². The van der Waals surface area contributed by atoms with Crippen molar-refractivity contribution in [1.29, 1.82) is 0 Å². The lowest BCUT2D eigenvalue weighted by Crippen LogP contribution is -1.92. The van der Waals surface area contributed by atoms with Crippen LogP contribution in [0.3, 0.4) is 0 Å². The Hall–Kier alpha value is -3.92. The third-order valence-electron chi connectivity index (χ3n) is 3.23. The molecule has 0 radical (unpaired) electrons. The van der Waals surface area contributed by atoms with E-state index in [9.17, 15) is 0 Å². The summed E-state index contributed by atoms with van der Waals surface area (Å²) in [6, 6.07) is 10.9. The molecule has 25 heavy (non-hydrogen) atoms. The summed E-state index contributed by atoms with van der Waals surface area (Å²) in [4.78, 5) is 0. The highest BCUT2D eigenvalue weighted by molar-refractivity contribution is 5.57. The van der Waals surface area contributed by atoms with Crippen molar-refractivity contribution in [3.63, 3.8) is 0 Å². The van der Waals surface area contributed by atoms with E-state index in [0.29, 0.717) is 11.4 Å². The van der Waals surface area contributed by atoms with Crippen molar-refractivity contribution in [2.75, 3.05) is 18.6 Å². The highest BCUT2D eigenvalue weighted by Gasteiger charge is 1.98. The highest BCUT2D eigenvalue weighted by Crippen LogP contribution is 2.21. The van der Waals surface area contributed by atoms with Crippen LogP contribution in [0.15, 0.2) is 36.4 Å². The fourth-order valence-corrected chi connectivity index (χ4v) is 1.87. The van der Waals surface area contributed by atoms with Crippen LogP contribution in [0, 0.1) is 54.3 Å². The van der Waals surface area contributed by atoms with E-state index in [0.717, 1.165) is 22.4 Å². The molecule has 0 spiro atoms. The normalized spacial score (nSPS) is 8.24. The van der Waals surface area contributed by atoms with Crippen LogP contribution >= 0.6 is 0 Å². The van der Waals surface area contributed by atoms with Gasteiger partial charge in [0, 0.05) is 16.8 Å². The van der Waals surface area contributed by atoms with E-state index in [-0.39, 0.29) is 0 Å². The maximum atomic E-state index is 5.76. The first kappa shape index (κ1) is 17.4. The number of aryl methyl sites for hydroxylation is 1. The van der Waals surface area contributed by atoms with Crippen molar-refractivity contribution in [1.82, 2.24) is 0 Å². The van der Waals surface area contributed by atoms with Crippen LogP contribution in [0.25, 0.3) is 0 Å². The highest BCUT2D eigenvalue weighted by atomic mass is 16.5. The lowest BCUT2D eigenvalue weighted by molar-refractivity contribution is 0.417. The summed E-state index contributed by atoms with van der Waals surface area (Å²) in [5.41, 5.74) is 15.4. The monoisotopic (exact) mass is 324 g/mol. The van der Waals surface area contributed by atoms with Crippen molar-refractivity contribution >= 4 is 11.4 Å². The predicted molar refractivity (Wildman–Crippen MR) is 102 cm³/mol. The van der Waals surface area contributed by atoms with Gasteiger partial charge in [0.05, 0.1) is 12.8 Å². The number of nitrogens with two attached hydrogens (primary N) is 2. The van der Waals surface area contributed by atoms with Gasteiger partial charge < -0.3 is 16.2 Å². The molecular formula is C22H16N2O. The maximum absolute atomic E-state index is 5.76. The Bertz CT molecular complexity index is 1040. The molecule has 4 N–H and O–H groups in total. The fraction of sp³-hybridized carbons (Fsp3) is 0.0909. The second kappa shape index (κ2) is 8.64. The van der Waals surface area contributed by atoms with Crippen molar-refractivity contribution in [2.24, 2.45) is 0 Å². The molecule has 0 unspecified atom stereocenters. The minimum absolute atomic E-state index is 0.569. The molecule has 120 valence electrons. The molecule has 3 nitrogen and oxygen atoms in total. The molecule has 0 saturated heterocycles. The standard InChI is InChI=1S/C22H16N2O/c1-17-15-18(11-13-20(17)23)9-7-5-3-4-6-8-10-19-12-14-21(24)22(16-19)25-2/h11-16H,23-24H2,1-2H3. The van der Waals surface area contributed by atoms with Gasteiger partial charge in [0.1, 0.15) is 5.75 Å². The van der Waals surface area contributed by atoms with Crippen LogP contribution in [0.5, 0.6) is 5.75 Å². The molecule has 0 aliphatic heterocycles. The Morgan fingerprint density at radius 1 is 0.720 bits per heavy atom. The summed E-state index contributed by atoms with van der Waals surface area (Å²) in [6.45, 7) is 1.94. The van der Waals surface area contributed by atoms with E-state index in [1.54, 1.807) is 25.3 Å². The molecule has 0 fully saturated rings. The first-order chi connectivity index (χ1) is 12.1. The van der Waals surface area contributed by atoms with Gasteiger partial charge in [-0.25, -0.2) is 0 Å². The quantitative estimate of drug-likeness (QED) is 0.626. The first-order valence-electron chi connectivity index (χ1n) is 7.42. The number of hydrogen-bond acceptors (Lipinski definition) is 3. The smallest absolute Gasteiger partial charge is 0.142 e. The molecule has 0 aliphatic carbocycles. The minimum atomic E-state index is 0.569. The van der Waals surface area contributed by atoms with Gasteiger partial charge in [-0.3, -0.25) is 0 Å². The van der Waals surface area contributed by atoms with Crippen molar-refractivity contribution in [3.05, 3.63) is 53.1 Å². The molecular weight excluding hydrogens is 308 g/mol. The van der Waals surface area contributed by atoms with Gasteiger partial charge in [-0.05, 0) is 84.4 Å². The second-order valence-electron chi connectivity index (χ2n) is 5.03. The van der Waals surface area contributed by atoms with Gasteiger partial charge in [0.15, 0.2) is 0 Å². The molecule has 0 saturated carbocycles. The van der Waals surface area contributed by atoms with E-state index in [1.807, 2.05) is 25.1 Å². The van der Waals surface area contributed by atoms with E-state index in [4.69, 9.17) is 16.2 Å². The summed E-state index contributed by atoms with van der Waals surface area (Å²) in [6.07, 6.45) is 0. The Morgan fingerprint density at radius 2 is 1.24 bits per heavy atom. The number of nitrogen functional groups attached to an aromatic ring is 2. The fourth-order valence-electron chi connectivity index (χ4n) is 1.87. The van der Waals surface area contributed by atoms with Gasteiger partial charge >= 0.3 is 0 Å². The lowest BCUT2D eigenvalue weighted by Gasteiger charge is -2.03. The SMILES string of the molecule is COc1cc(C#CC#CC#CC#Cc2ccc(N)c(C)c2)ccc1N. The number of benzene rings is 2. The van der Waals surface area contributed by atoms with Gasteiger partial charge in [-0.15, -0.1) is 0 Å². The molecule has 0 bridgehead atoms. The van der Waals surface area contributed by atoms with Crippen LogP contribution in [0.4, 0.5) is 11.4 Å². The van der Waals surface area contributed by atoms with E-state index in [1.165, 1.54) is 0 Å². The topological polar surface area (TPSA) is 61.3 Å². The maximum Gasteiger partial charge on any atom is 0.142 e. The summed E-state index contributed by atoms with van der Waals surface area (Å²) in [5, 5.41) is 0. The average molecular weight is 324 g/mol. The Labute approximate surface area is 148 Å². The number of ether oxygens (including phenoxy) is 1. The molecule has 2 aromatic carbocycles. The summed E-state index contributed by atoms with van der Waals surface area (Å²) < 4.78 is 5.13. The number of rotatable bonds is 1. The molecule has 0 aliphatic rings. The largest absolute Gasteiger partial charge is 0.495 e. The number of anilines is 2. The molecule has 2 aromatic rings. The zero-order valence-corrected chi connectivity index (χ0v) is 14.0. The average Bonchev–Trinajstić information content (AvgIpc) is 2.61. The van der Waals surface area contributed by atoms with Crippen LogP contribution < -0.4 is 16.2 Å². The third-order valence-corrected chi connectivity index (χ3v) is 3.23. The molecule has 0 atom stereocenters. The third kappa shape index (κ3) is 5.33. The Balaban J connectivity index is 2.00. The van der Waals surface area contributed by atoms with Gasteiger partial charge in [-0.1, -0.05) is 11.8 Å². The van der Waals surface area contributed by atoms with Gasteiger partial charge in [-0.2, -0.15) is 0 Å². The first-order valence-corrected chi connectivity index (χ1v) is 7.42. The van der Waals surface area contributed by atoms with Crippen LogP contribution in [0.2, 0.25) is 0 Å². The number of hydrogen-bond donors (Lipinski definition) is 2. The zero-order chi connectivity index (χ0) is 18.1. The van der Waals surface area contributed by atoms with Crippen LogP contribution in [0.1, 0.15) is 16.7 Å². The van der Waals surface area contributed by atoms with E-state index < -0.39 is 0 Å². The van der Waals surface area contributed by atoms with Crippen LogP contribution in [-0.4, -0.2) is 7.11 Å². The number of methoxy groups -OCH3 is 1. The van der Waals surface area contributed by atoms with Crippen molar-refractivity contribution in [2.45, 2.75) is 6.92 Å². The lowest BCUT2D eigenvalue weighted by atomic mass is 10.1.